The maximum absolute atomic E-state index is 11.7. The van der Waals surface area contributed by atoms with Crippen LogP contribution in [0.3, 0.4) is 0 Å². The average molecular weight is 374 g/mol. The van der Waals surface area contributed by atoms with Crippen LogP contribution in [0.1, 0.15) is 31.7 Å². The molecule has 1 aromatic heterocycles. The molecule has 2 N–H and O–H groups in total. The van der Waals surface area contributed by atoms with Crippen LogP contribution in [0.2, 0.25) is 0 Å². The zero-order valence-electron chi connectivity index (χ0n) is 15.4. The summed E-state index contributed by atoms with van der Waals surface area (Å²) in [5.41, 5.74) is 1.91. The molecule has 144 valence electrons. The van der Waals surface area contributed by atoms with Crippen LogP contribution in [0, 0.1) is 6.92 Å². The molecule has 0 saturated carbocycles. The molecular weight excluding hydrogens is 352 g/mol. The van der Waals surface area contributed by atoms with Gasteiger partial charge < -0.3 is 14.5 Å². The van der Waals surface area contributed by atoms with Gasteiger partial charge in [-0.15, -0.1) is 10.2 Å². The normalized spacial score (nSPS) is 10.5. The summed E-state index contributed by atoms with van der Waals surface area (Å²) < 4.78 is 10.3. The van der Waals surface area contributed by atoms with Crippen LogP contribution >= 0.6 is 0 Å². The van der Waals surface area contributed by atoms with E-state index in [0.29, 0.717) is 11.8 Å². The standard InChI is InChI=1S/C18H22N4O5/c1-11(2)19-18(25)20-14(23)10-26-16(24)9-8-15-21-22-17(27-15)13-6-4-12(3)5-7-13/h4-7,11H,8-10H2,1-3H3,(H2,19,20,23,25). The van der Waals surface area contributed by atoms with Gasteiger partial charge >= 0.3 is 12.0 Å². The number of carbonyl (C=O) groups is 3. The van der Waals surface area contributed by atoms with Crippen LogP contribution < -0.4 is 10.6 Å². The lowest BCUT2D eigenvalue weighted by Gasteiger charge is -2.09. The van der Waals surface area contributed by atoms with E-state index in [1.807, 2.05) is 31.2 Å². The van der Waals surface area contributed by atoms with Gasteiger partial charge in [0.2, 0.25) is 11.8 Å². The Morgan fingerprint density at radius 3 is 2.52 bits per heavy atom. The molecule has 2 aromatic rings. The number of hydrogen-bond donors (Lipinski definition) is 2. The minimum absolute atomic E-state index is 0.0268. The van der Waals surface area contributed by atoms with Crippen LogP contribution in [0.4, 0.5) is 4.79 Å². The van der Waals surface area contributed by atoms with Crippen LogP contribution in [0.25, 0.3) is 11.5 Å². The molecule has 0 saturated heterocycles. The zero-order chi connectivity index (χ0) is 19.8. The number of nitrogens with one attached hydrogen (secondary N) is 2. The van der Waals surface area contributed by atoms with E-state index in [-0.39, 0.29) is 18.9 Å². The zero-order valence-corrected chi connectivity index (χ0v) is 15.4. The van der Waals surface area contributed by atoms with Crippen LogP contribution in [-0.4, -0.2) is 40.8 Å². The highest BCUT2D eigenvalue weighted by molar-refractivity contribution is 5.95. The largest absolute Gasteiger partial charge is 0.456 e. The summed E-state index contributed by atoms with van der Waals surface area (Å²) in [5, 5.41) is 12.4. The van der Waals surface area contributed by atoms with E-state index < -0.39 is 24.5 Å². The third-order valence-corrected chi connectivity index (χ3v) is 3.35. The predicted molar refractivity (Wildman–Crippen MR) is 95.6 cm³/mol. The molecule has 0 spiro atoms. The van der Waals surface area contributed by atoms with Gasteiger partial charge in [-0.1, -0.05) is 17.7 Å². The Bertz CT molecular complexity index is 798. The smallest absolute Gasteiger partial charge is 0.321 e. The Morgan fingerprint density at radius 1 is 1.15 bits per heavy atom. The highest BCUT2D eigenvalue weighted by Gasteiger charge is 2.14. The molecule has 2 rings (SSSR count). The van der Waals surface area contributed by atoms with Crippen molar-refractivity contribution in [3.05, 3.63) is 35.7 Å². The molecule has 0 aliphatic heterocycles. The summed E-state index contributed by atoms with van der Waals surface area (Å²) in [7, 11) is 0. The van der Waals surface area contributed by atoms with E-state index in [2.05, 4.69) is 20.8 Å². The monoisotopic (exact) mass is 374 g/mol. The number of hydrogen-bond acceptors (Lipinski definition) is 7. The summed E-state index contributed by atoms with van der Waals surface area (Å²) in [6.45, 7) is 4.95. The molecule has 0 unspecified atom stereocenters. The van der Waals surface area contributed by atoms with E-state index in [9.17, 15) is 14.4 Å². The van der Waals surface area contributed by atoms with E-state index in [1.165, 1.54) is 0 Å². The lowest BCUT2D eigenvalue weighted by atomic mass is 10.1. The topological polar surface area (TPSA) is 123 Å². The molecule has 0 aliphatic carbocycles. The minimum atomic E-state index is -0.707. The SMILES string of the molecule is Cc1ccc(-c2nnc(CCC(=O)OCC(=O)NC(=O)NC(C)C)o2)cc1. The van der Waals surface area contributed by atoms with Gasteiger partial charge in [0.25, 0.3) is 5.91 Å². The van der Waals surface area contributed by atoms with Crippen molar-refractivity contribution >= 4 is 17.9 Å². The summed E-state index contributed by atoms with van der Waals surface area (Å²) in [5.74, 6) is -0.650. The maximum atomic E-state index is 11.7. The highest BCUT2D eigenvalue weighted by Crippen LogP contribution is 2.18. The molecule has 1 heterocycles. The highest BCUT2D eigenvalue weighted by atomic mass is 16.5. The second-order valence-corrected chi connectivity index (χ2v) is 6.20. The number of urea groups is 1. The Hall–Kier alpha value is -3.23. The molecule has 1 aromatic carbocycles. The van der Waals surface area contributed by atoms with Crippen molar-refractivity contribution in [3.8, 4) is 11.5 Å². The van der Waals surface area contributed by atoms with Crippen molar-refractivity contribution < 1.29 is 23.5 Å². The van der Waals surface area contributed by atoms with Gasteiger partial charge in [-0.2, -0.15) is 0 Å². The van der Waals surface area contributed by atoms with E-state index >= 15 is 0 Å². The Balaban J connectivity index is 1.73. The lowest BCUT2D eigenvalue weighted by Crippen LogP contribution is -2.44. The third kappa shape index (κ3) is 6.89. The number of aryl methyl sites for hydroxylation is 2. The van der Waals surface area contributed by atoms with Gasteiger partial charge in [0.05, 0.1) is 6.42 Å². The molecule has 0 fully saturated rings. The number of ether oxygens (including phenoxy) is 1. The fourth-order valence-electron chi connectivity index (χ4n) is 2.06. The molecule has 0 radical (unpaired) electrons. The van der Waals surface area contributed by atoms with Crippen molar-refractivity contribution in [1.29, 1.82) is 0 Å². The Labute approximate surface area is 156 Å². The molecule has 9 heteroatoms. The van der Waals surface area contributed by atoms with Crippen molar-refractivity contribution in [2.24, 2.45) is 0 Å². The van der Waals surface area contributed by atoms with E-state index in [4.69, 9.17) is 9.15 Å². The minimum Gasteiger partial charge on any atom is -0.456 e. The number of nitrogens with zero attached hydrogens (tertiary/aromatic N) is 2. The Kier molecular flexibility index (Phi) is 7.04. The number of imide groups is 1. The second kappa shape index (κ2) is 9.46. The van der Waals surface area contributed by atoms with E-state index in [1.54, 1.807) is 13.8 Å². The first kappa shape index (κ1) is 20.1. The quantitative estimate of drug-likeness (QED) is 0.708. The summed E-state index contributed by atoms with van der Waals surface area (Å²) >= 11 is 0. The van der Waals surface area contributed by atoms with Gasteiger partial charge in [0, 0.05) is 18.0 Å². The summed E-state index contributed by atoms with van der Waals surface area (Å²) in [6.07, 6.45) is 0.161. The molecule has 0 aliphatic rings. The van der Waals surface area contributed by atoms with Gasteiger partial charge in [0.15, 0.2) is 6.61 Å². The summed E-state index contributed by atoms with van der Waals surface area (Å²) in [4.78, 5) is 34.6. The molecule has 9 nitrogen and oxygen atoms in total. The van der Waals surface area contributed by atoms with Crippen molar-refractivity contribution in [2.75, 3.05) is 6.61 Å². The average Bonchev–Trinajstić information content (AvgIpc) is 3.07. The molecule has 27 heavy (non-hydrogen) atoms. The first-order valence-corrected chi connectivity index (χ1v) is 8.49. The number of benzene rings is 1. The Morgan fingerprint density at radius 2 is 1.85 bits per heavy atom. The fourth-order valence-corrected chi connectivity index (χ4v) is 2.06. The number of rotatable bonds is 7. The summed E-state index contributed by atoms with van der Waals surface area (Å²) in [6, 6.07) is 6.86. The van der Waals surface area contributed by atoms with Gasteiger partial charge in [-0.25, -0.2) is 4.79 Å². The maximum Gasteiger partial charge on any atom is 0.321 e. The van der Waals surface area contributed by atoms with Crippen LogP contribution in [0.15, 0.2) is 28.7 Å². The van der Waals surface area contributed by atoms with Crippen LogP contribution in [0.5, 0.6) is 0 Å². The van der Waals surface area contributed by atoms with Crippen molar-refractivity contribution in [1.82, 2.24) is 20.8 Å². The third-order valence-electron chi connectivity index (χ3n) is 3.35. The second-order valence-electron chi connectivity index (χ2n) is 6.20. The van der Waals surface area contributed by atoms with E-state index in [0.717, 1.165) is 11.1 Å². The number of esters is 1. The van der Waals surface area contributed by atoms with Gasteiger partial charge in [0.1, 0.15) is 0 Å². The van der Waals surface area contributed by atoms with Crippen LogP contribution in [-0.2, 0) is 20.7 Å². The first-order valence-electron chi connectivity index (χ1n) is 8.49. The molecule has 0 atom stereocenters. The molecule has 3 amide bonds. The van der Waals surface area contributed by atoms with Crippen molar-refractivity contribution in [3.63, 3.8) is 0 Å². The predicted octanol–water partition coefficient (Wildman–Crippen LogP) is 1.76. The molecule has 0 bridgehead atoms. The first-order chi connectivity index (χ1) is 12.8. The van der Waals surface area contributed by atoms with Gasteiger partial charge in [-0.05, 0) is 32.9 Å². The number of carbonyl (C=O) groups excluding carboxylic acids is 3. The lowest BCUT2D eigenvalue weighted by molar-refractivity contribution is -0.148. The number of aromatic nitrogens is 2. The fraction of sp³-hybridized carbons (Fsp3) is 0.389. The van der Waals surface area contributed by atoms with Crippen molar-refractivity contribution in [2.45, 2.75) is 39.7 Å². The van der Waals surface area contributed by atoms with Gasteiger partial charge in [-0.3, -0.25) is 14.9 Å². The molecular formula is C18H22N4O5. The number of amides is 3.